The van der Waals surface area contributed by atoms with E-state index in [0.717, 1.165) is 37.1 Å². The molecule has 0 bridgehead atoms. The molecular formula is C20H26N8O2. The van der Waals surface area contributed by atoms with Gasteiger partial charge < -0.3 is 25.9 Å². The minimum Gasteiger partial charge on any atom is -0.494 e. The van der Waals surface area contributed by atoms with E-state index in [2.05, 4.69) is 15.1 Å². The Hall–Kier alpha value is -3.37. The lowest BCUT2D eigenvalue weighted by atomic mass is 10.1. The Kier molecular flexibility index (Phi) is 5.68. The predicted octanol–water partition coefficient (Wildman–Crippen LogP) is 1.23. The van der Waals surface area contributed by atoms with Gasteiger partial charge in [0.25, 0.3) is 0 Å². The van der Waals surface area contributed by atoms with Gasteiger partial charge in [0, 0.05) is 24.4 Å². The molecule has 0 amide bonds. The first-order valence-corrected chi connectivity index (χ1v) is 9.76. The fraction of sp³-hybridized carbons (Fsp3) is 0.350. The third-order valence-electron chi connectivity index (χ3n) is 4.96. The normalized spacial score (nSPS) is 16.9. The summed E-state index contributed by atoms with van der Waals surface area (Å²) in [5.74, 6) is 6.86. The van der Waals surface area contributed by atoms with Crippen molar-refractivity contribution >= 4 is 22.5 Å². The zero-order valence-electron chi connectivity index (χ0n) is 16.9. The van der Waals surface area contributed by atoms with Gasteiger partial charge >= 0.3 is 0 Å². The molecule has 0 radical (unpaired) electrons. The van der Waals surface area contributed by atoms with Gasteiger partial charge in [-0.1, -0.05) is 12.1 Å². The topological polar surface area (TPSA) is 143 Å². The monoisotopic (exact) mass is 410 g/mol. The van der Waals surface area contributed by atoms with E-state index in [0.29, 0.717) is 29.2 Å². The summed E-state index contributed by atoms with van der Waals surface area (Å²) in [6.45, 7) is 1.96. The summed E-state index contributed by atoms with van der Waals surface area (Å²) in [5.41, 5.74) is 14.5. The van der Waals surface area contributed by atoms with Crippen molar-refractivity contribution in [3.05, 3.63) is 48.1 Å². The summed E-state index contributed by atoms with van der Waals surface area (Å²) in [5, 5.41) is 6.76. The maximum absolute atomic E-state index is 6.30. The van der Waals surface area contributed by atoms with E-state index in [1.165, 1.54) is 5.01 Å². The largest absolute Gasteiger partial charge is 0.494 e. The molecule has 158 valence electrons. The predicted molar refractivity (Wildman–Crippen MR) is 114 cm³/mol. The molecule has 1 aliphatic heterocycles. The number of nitrogens with two attached hydrogens (primary N) is 3. The number of hydrogen-bond donors (Lipinski definition) is 3. The minimum atomic E-state index is 0.106. The number of para-hydroxylation sites is 1. The van der Waals surface area contributed by atoms with E-state index < -0.39 is 0 Å². The molecule has 1 saturated heterocycles. The van der Waals surface area contributed by atoms with Crippen molar-refractivity contribution in [2.45, 2.75) is 32.0 Å². The molecule has 1 aromatic carbocycles. The van der Waals surface area contributed by atoms with Crippen LogP contribution in [-0.2, 0) is 17.8 Å². The number of methoxy groups -OCH3 is 1. The van der Waals surface area contributed by atoms with Crippen LogP contribution in [0.3, 0.4) is 0 Å². The molecule has 10 nitrogen and oxygen atoms in total. The number of ether oxygens (including phenoxy) is 2. The fourth-order valence-electron chi connectivity index (χ4n) is 3.59. The molecule has 1 aliphatic rings. The molecule has 30 heavy (non-hydrogen) atoms. The zero-order valence-corrected chi connectivity index (χ0v) is 16.9. The maximum Gasteiger partial charge on any atom is 0.221 e. The molecule has 4 rings (SSSR count). The van der Waals surface area contributed by atoms with Crippen LogP contribution < -0.4 is 22.0 Å². The quantitative estimate of drug-likeness (QED) is 0.387. The van der Waals surface area contributed by atoms with Crippen LogP contribution >= 0.6 is 0 Å². The van der Waals surface area contributed by atoms with Crippen molar-refractivity contribution in [2.75, 3.05) is 19.5 Å². The Bertz CT molecular complexity index is 1060. The van der Waals surface area contributed by atoms with Crippen molar-refractivity contribution in [1.82, 2.24) is 24.8 Å². The van der Waals surface area contributed by atoms with E-state index in [1.54, 1.807) is 19.4 Å². The molecule has 0 saturated carbocycles. The van der Waals surface area contributed by atoms with E-state index in [9.17, 15) is 0 Å². The van der Waals surface area contributed by atoms with Gasteiger partial charge in [-0.15, -0.1) is 0 Å². The van der Waals surface area contributed by atoms with Crippen LogP contribution in [0, 0.1) is 0 Å². The van der Waals surface area contributed by atoms with E-state index >= 15 is 0 Å². The van der Waals surface area contributed by atoms with E-state index in [4.69, 9.17) is 26.8 Å². The van der Waals surface area contributed by atoms with Crippen LogP contribution in [0.1, 0.15) is 24.2 Å². The van der Waals surface area contributed by atoms with E-state index in [-0.39, 0.29) is 12.1 Å². The molecule has 3 heterocycles. The lowest BCUT2D eigenvalue weighted by molar-refractivity contribution is 0.0938. The van der Waals surface area contributed by atoms with Crippen molar-refractivity contribution in [3.63, 3.8) is 0 Å². The van der Waals surface area contributed by atoms with Gasteiger partial charge in [0.05, 0.1) is 37.7 Å². The molecule has 6 N–H and O–H groups in total. The molecule has 1 fully saturated rings. The van der Waals surface area contributed by atoms with E-state index in [1.807, 2.05) is 29.1 Å². The lowest BCUT2D eigenvalue weighted by Gasteiger charge is -2.15. The summed E-state index contributed by atoms with van der Waals surface area (Å²) < 4.78 is 12.9. The zero-order chi connectivity index (χ0) is 21.1. The molecule has 0 aliphatic carbocycles. The SMILES string of the molecule is COc1cccc2c(/C(N)=C/N(N)Cc3ccn(CC4CCCO4)n3)nc(N)nc12. The highest BCUT2D eigenvalue weighted by atomic mass is 16.5. The van der Waals surface area contributed by atoms with Crippen LogP contribution in [0.5, 0.6) is 5.75 Å². The smallest absolute Gasteiger partial charge is 0.221 e. The molecule has 3 aromatic rings. The number of aromatic nitrogens is 4. The van der Waals surface area contributed by atoms with Crippen LogP contribution in [0.4, 0.5) is 5.95 Å². The average Bonchev–Trinajstić information content (AvgIpc) is 3.39. The first-order valence-electron chi connectivity index (χ1n) is 9.76. The summed E-state index contributed by atoms with van der Waals surface area (Å²) >= 11 is 0. The number of anilines is 1. The number of nitrogens with zero attached hydrogens (tertiary/aromatic N) is 5. The first kappa shape index (κ1) is 19.9. The van der Waals surface area contributed by atoms with Crippen molar-refractivity contribution < 1.29 is 9.47 Å². The van der Waals surface area contributed by atoms with Gasteiger partial charge in [0.15, 0.2) is 0 Å². The number of nitrogen functional groups attached to an aromatic ring is 1. The highest BCUT2D eigenvalue weighted by Gasteiger charge is 2.17. The van der Waals surface area contributed by atoms with Gasteiger partial charge in [0.1, 0.15) is 17.0 Å². The summed E-state index contributed by atoms with van der Waals surface area (Å²) in [6, 6.07) is 7.45. The van der Waals surface area contributed by atoms with Crippen LogP contribution in [0.25, 0.3) is 16.6 Å². The van der Waals surface area contributed by atoms with Gasteiger partial charge in [-0.05, 0) is 25.0 Å². The Morgan fingerprint density at radius 3 is 3.00 bits per heavy atom. The first-order chi connectivity index (χ1) is 14.5. The highest BCUT2D eigenvalue weighted by Crippen LogP contribution is 2.28. The van der Waals surface area contributed by atoms with Crippen LogP contribution in [0.15, 0.2) is 36.7 Å². The molecule has 1 atom stereocenters. The second-order valence-corrected chi connectivity index (χ2v) is 7.21. The highest BCUT2D eigenvalue weighted by molar-refractivity contribution is 5.93. The van der Waals surface area contributed by atoms with Crippen molar-refractivity contribution in [2.24, 2.45) is 11.6 Å². The number of hydrazine groups is 1. The third kappa shape index (κ3) is 4.29. The molecule has 2 aromatic heterocycles. The lowest BCUT2D eigenvalue weighted by Crippen LogP contribution is -2.26. The van der Waals surface area contributed by atoms with Gasteiger partial charge in [-0.2, -0.15) is 5.10 Å². The van der Waals surface area contributed by atoms with Crippen LogP contribution in [0.2, 0.25) is 0 Å². The second kappa shape index (κ2) is 8.56. The Morgan fingerprint density at radius 1 is 1.37 bits per heavy atom. The average molecular weight is 410 g/mol. The molecule has 10 heteroatoms. The van der Waals surface area contributed by atoms with Gasteiger partial charge in [-0.25, -0.2) is 15.8 Å². The summed E-state index contributed by atoms with van der Waals surface area (Å²) in [6.07, 6.45) is 5.95. The summed E-state index contributed by atoms with van der Waals surface area (Å²) in [4.78, 5) is 8.57. The van der Waals surface area contributed by atoms with Crippen molar-refractivity contribution in [3.8, 4) is 5.75 Å². The Labute approximate surface area is 174 Å². The number of rotatable bonds is 7. The summed E-state index contributed by atoms with van der Waals surface area (Å²) in [7, 11) is 1.57. The molecule has 0 spiro atoms. The fourth-order valence-corrected chi connectivity index (χ4v) is 3.59. The Morgan fingerprint density at radius 2 is 2.23 bits per heavy atom. The molecular weight excluding hydrogens is 384 g/mol. The maximum atomic E-state index is 6.30. The van der Waals surface area contributed by atoms with Crippen molar-refractivity contribution in [1.29, 1.82) is 0 Å². The van der Waals surface area contributed by atoms with Gasteiger partial charge in [-0.3, -0.25) is 4.68 Å². The van der Waals surface area contributed by atoms with Crippen LogP contribution in [-0.4, -0.2) is 44.6 Å². The number of fused-ring (bicyclic) bond motifs is 1. The number of hydrogen-bond acceptors (Lipinski definition) is 9. The molecule has 1 unspecified atom stereocenters. The minimum absolute atomic E-state index is 0.106. The number of benzene rings is 1. The Balaban J connectivity index is 1.51. The standard InChI is InChI=1S/C20H26N8O2/c1-29-17-6-2-5-15-18(24-20(22)25-19(15)17)16(21)12-27(23)10-13-7-8-28(26-13)11-14-4-3-9-30-14/h2,5-8,12,14H,3-4,9-11,21,23H2,1H3,(H2,22,24,25)/b16-12-. The van der Waals surface area contributed by atoms with Gasteiger partial charge in [0.2, 0.25) is 5.95 Å². The third-order valence-corrected chi connectivity index (χ3v) is 4.96. The second-order valence-electron chi connectivity index (χ2n) is 7.21.